The molecule has 0 spiro atoms. The standard InChI is InChI=1S/C12H6O4S/c1-5(13)6-2-3-8-7(4-6)9-10(17-8)12(15)16-11(9)14/h2-4H,1H3. The Balaban J connectivity index is 2.37. The van der Waals surface area contributed by atoms with E-state index in [4.69, 9.17) is 0 Å². The second-order valence-electron chi connectivity index (χ2n) is 3.75. The molecule has 2 aromatic rings. The predicted octanol–water partition coefficient (Wildman–Crippen LogP) is 2.41. The number of fused-ring (bicyclic) bond motifs is 3. The SMILES string of the molecule is CC(=O)c1ccc2sc3c(c2c1)C(=O)OC3=O. The maximum Gasteiger partial charge on any atom is 0.357 e. The minimum atomic E-state index is -0.628. The van der Waals surface area contributed by atoms with Crippen LogP contribution in [0.5, 0.6) is 0 Å². The van der Waals surface area contributed by atoms with Crippen LogP contribution in [0.1, 0.15) is 37.3 Å². The van der Waals surface area contributed by atoms with Crippen molar-refractivity contribution in [3.63, 3.8) is 0 Å². The van der Waals surface area contributed by atoms with Crippen molar-refractivity contribution in [3.05, 3.63) is 34.2 Å². The van der Waals surface area contributed by atoms with Gasteiger partial charge in [0, 0.05) is 15.6 Å². The van der Waals surface area contributed by atoms with Crippen molar-refractivity contribution in [1.82, 2.24) is 0 Å². The number of thiophene rings is 1. The number of esters is 2. The van der Waals surface area contributed by atoms with Gasteiger partial charge in [0.2, 0.25) is 0 Å². The van der Waals surface area contributed by atoms with Crippen LogP contribution in [0.3, 0.4) is 0 Å². The summed E-state index contributed by atoms with van der Waals surface area (Å²) in [7, 11) is 0. The first-order valence-electron chi connectivity index (χ1n) is 4.92. The van der Waals surface area contributed by atoms with E-state index in [1.54, 1.807) is 18.2 Å². The lowest BCUT2D eigenvalue weighted by molar-refractivity contribution is 0.0446. The second kappa shape index (κ2) is 3.24. The van der Waals surface area contributed by atoms with E-state index in [2.05, 4.69) is 4.74 Å². The largest absolute Gasteiger partial charge is 0.385 e. The molecule has 84 valence electrons. The van der Waals surface area contributed by atoms with Crippen molar-refractivity contribution in [2.75, 3.05) is 0 Å². The van der Waals surface area contributed by atoms with Crippen LogP contribution in [-0.2, 0) is 4.74 Å². The zero-order valence-electron chi connectivity index (χ0n) is 8.77. The molecule has 0 radical (unpaired) electrons. The third kappa shape index (κ3) is 1.32. The molecule has 0 saturated carbocycles. The molecule has 0 atom stereocenters. The molecule has 0 amide bonds. The third-order valence-electron chi connectivity index (χ3n) is 2.67. The first-order valence-corrected chi connectivity index (χ1v) is 5.73. The monoisotopic (exact) mass is 246 g/mol. The summed E-state index contributed by atoms with van der Waals surface area (Å²) in [4.78, 5) is 34.5. The van der Waals surface area contributed by atoms with Gasteiger partial charge in [-0.1, -0.05) is 0 Å². The van der Waals surface area contributed by atoms with Gasteiger partial charge >= 0.3 is 11.9 Å². The maximum absolute atomic E-state index is 11.5. The molecule has 5 heteroatoms. The van der Waals surface area contributed by atoms with Crippen molar-refractivity contribution in [2.24, 2.45) is 0 Å². The maximum atomic E-state index is 11.5. The van der Waals surface area contributed by atoms with Crippen molar-refractivity contribution in [2.45, 2.75) is 6.92 Å². The van der Waals surface area contributed by atoms with Gasteiger partial charge in [-0.05, 0) is 25.1 Å². The first kappa shape index (κ1) is 10.2. The Morgan fingerprint density at radius 2 is 2.00 bits per heavy atom. The lowest BCUT2D eigenvalue weighted by Crippen LogP contribution is -1.98. The van der Waals surface area contributed by atoms with E-state index in [-0.39, 0.29) is 11.3 Å². The molecule has 17 heavy (non-hydrogen) atoms. The van der Waals surface area contributed by atoms with Crippen molar-refractivity contribution in [1.29, 1.82) is 0 Å². The van der Waals surface area contributed by atoms with Gasteiger partial charge in [-0.3, -0.25) is 4.79 Å². The van der Waals surface area contributed by atoms with E-state index in [1.807, 2.05) is 0 Å². The van der Waals surface area contributed by atoms with E-state index in [0.29, 0.717) is 15.8 Å². The number of ketones is 1. The molecule has 0 saturated heterocycles. The van der Waals surface area contributed by atoms with Gasteiger partial charge in [0.1, 0.15) is 4.88 Å². The molecule has 3 rings (SSSR count). The molecule has 2 heterocycles. The molecule has 1 aliphatic rings. The lowest BCUT2D eigenvalue weighted by Gasteiger charge is -1.97. The van der Waals surface area contributed by atoms with Crippen molar-refractivity contribution >= 4 is 39.1 Å². The van der Waals surface area contributed by atoms with Crippen molar-refractivity contribution < 1.29 is 19.1 Å². The highest BCUT2D eigenvalue weighted by Crippen LogP contribution is 2.36. The van der Waals surface area contributed by atoms with Crippen molar-refractivity contribution in [3.8, 4) is 0 Å². The molecule has 0 bridgehead atoms. The van der Waals surface area contributed by atoms with Crippen LogP contribution < -0.4 is 0 Å². The van der Waals surface area contributed by atoms with E-state index in [9.17, 15) is 14.4 Å². The Hall–Kier alpha value is -2.01. The van der Waals surface area contributed by atoms with Crippen LogP contribution in [0.15, 0.2) is 18.2 Å². The summed E-state index contributed by atoms with van der Waals surface area (Å²) < 4.78 is 5.34. The number of carbonyl (C=O) groups is 3. The van der Waals surface area contributed by atoms with Crippen LogP contribution in [0.25, 0.3) is 10.1 Å². The Bertz CT molecular complexity index is 696. The minimum absolute atomic E-state index is 0.0791. The molecule has 0 N–H and O–H groups in total. The highest BCUT2D eigenvalue weighted by molar-refractivity contribution is 7.21. The highest BCUT2D eigenvalue weighted by Gasteiger charge is 2.34. The van der Waals surface area contributed by atoms with Gasteiger partial charge in [-0.2, -0.15) is 0 Å². The van der Waals surface area contributed by atoms with E-state index < -0.39 is 11.9 Å². The number of Topliss-reactive ketones (excluding diaryl/α,β-unsaturated/α-hetero) is 1. The fraction of sp³-hybridized carbons (Fsp3) is 0.0833. The lowest BCUT2D eigenvalue weighted by atomic mass is 10.1. The number of rotatable bonds is 1. The average Bonchev–Trinajstić information content (AvgIpc) is 2.77. The predicted molar refractivity (Wildman–Crippen MR) is 61.6 cm³/mol. The molecular formula is C12H6O4S. The smallest absolute Gasteiger partial charge is 0.357 e. The summed E-state index contributed by atoms with van der Waals surface area (Å²) in [5.74, 6) is -1.31. The Morgan fingerprint density at radius 3 is 2.71 bits per heavy atom. The number of carbonyl (C=O) groups excluding carboxylic acids is 3. The molecule has 1 aliphatic heterocycles. The normalized spacial score (nSPS) is 13.9. The topological polar surface area (TPSA) is 60.4 Å². The number of ether oxygens (including phenoxy) is 1. The summed E-state index contributed by atoms with van der Waals surface area (Å²) >= 11 is 1.21. The Morgan fingerprint density at radius 1 is 1.24 bits per heavy atom. The third-order valence-corrected chi connectivity index (χ3v) is 3.82. The summed E-state index contributed by atoms with van der Waals surface area (Å²) in [5, 5.41) is 0.619. The van der Waals surface area contributed by atoms with Gasteiger partial charge in [-0.25, -0.2) is 9.59 Å². The van der Waals surface area contributed by atoms with Crippen LogP contribution >= 0.6 is 11.3 Å². The number of cyclic esters (lactones) is 2. The molecular weight excluding hydrogens is 240 g/mol. The average molecular weight is 246 g/mol. The molecule has 0 aliphatic carbocycles. The number of benzene rings is 1. The second-order valence-corrected chi connectivity index (χ2v) is 4.80. The van der Waals surface area contributed by atoms with Gasteiger partial charge in [0.15, 0.2) is 5.78 Å². The minimum Gasteiger partial charge on any atom is -0.385 e. The summed E-state index contributed by atoms with van der Waals surface area (Å²) in [6, 6.07) is 5.06. The summed E-state index contributed by atoms with van der Waals surface area (Å²) in [6.07, 6.45) is 0. The van der Waals surface area contributed by atoms with Gasteiger partial charge < -0.3 is 4.74 Å². The van der Waals surface area contributed by atoms with Crippen LogP contribution in [0, 0.1) is 0 Å². The Kier molecular flexibility index (Phi) is 1.94. The van der Waals surface area contributed by atoms with E-state index in [1.165, 1.54) is 18.3 Å². The van der Waals surface area contributed by atoms with Gasteiger partial charge in [-0.15, -0.1) is 11.3 Å². The molecule has 0 fully saturated rings. The van der Waals surface area contributed by atoms with E-state index in [0.717, 1.165) is 4.70 Å². The zero-order valence-corrected chi connectivity index (χ0v) is 9.59. The highest BCUT2D eigenvalue weighted by atomic mass is 32.1. The molecule has 1 aromatic heterocycles. The quantitative estimate of drug-likeness (QED) is 0.440. The van der Waals surface area contributed by atoms with Crippen LogP contribution in [0.2, 0.25) is 0 Å². The summed E-state index contributed by atoms with van der Waals surface area (Å²) in [6.45, 7) is 1.46. The van der Waals surface area contributed by atoms with E-state index >= 15 is 0 Å². The fourth-order valence-electron chi connectivity index (χ4n) is 1.84. The van der Waals surface area contributed by atoms with Crippen LogP contribution in [-0.4, -0.2) is 17.7 Å². The summed E-state index contributed by atoms with van der Waals surface area (Å²) in [5.41, 5.74) is 0.809. The number of hydrogen-bond donors (Lipinski definition) is 0. The molecule has 1 aromatic carbocycles. The van der Waals surface area contributed by atoms with Crippen LogP contribution in [0.4, 0.5) is 0 Å². The first-order chi connectivity index (χ1) is 8.08. The molecule has 4 nitrogen and oxygen atoms in total. The fourth-order valence-corrected chi connectivity index (χ4v) is 2.89. The van der Waals surface area contributed by atoms with Gasteiger partial charge in [0.05, 0.1) is 5.56 Å². The zero-order chi connectivity index (χ0) is 12.2. The van der Waals surface area contributed by atoms with Gasteiger partial charge in [0.25, 0.3) is 0 Å². The molecule has 0 unspecified atom stereocenters. The Labute approximate surface area is 99.8 Å². The number of hydrogen-bond acceptors (Lipinski definition) is 5.